The van der Waals surface area contributed by atoms with E-state index < -0.39 is 6.04 Å². The van der Waals surface area contributed by atoms with Gasteiger partial charge in [0.1, 0.15) is 6.04 Å². The van der Waals surface area contributed by atoms with Crippen molar-refractivity contribution in [3.63, 3.8) is 0 Å². The van der Waals surface area contributed by atoms with Crippen LogP contribution < -0.4 is 5.32 Å². The van der Waals surface area contributed by atoms with Gasteiger partial charge in [-0.15, -0.1) is 11.8 Å². The van der Waals surface area contributed by atoms with Gasteiger partial charge in [0.2, 0.25) is 11.8 Å². The van der Waals surface area contributed by atoms with Gasteiger partial charge >= 0.3 is 0 Å². The Bertz CT molecular complexity index is 789. The fourth-order valence-electron chi connectivity index (χ4n) is 3.13. The Kier molecular flexibility index (Phi) is 8.58. The van der Waals surface area contributed by atoms with Crippen LogP contribution in [0.15, 0.2) is 53.4 Å². The Balaban J connectivity index is 2.08. The molecule has 28 heavy (non-hydrogen) atoms. The summed E-state index contributed by atoms with van der Waals surface area (Å²) in [6.07, 6.45) is 0.986. The second-order valence-electron chi connectivity index (χ2n) is 6.96. The van der Waals surface area contributed by atoms with Crippen LogP contribution >= 0.6 is 11.8 Å². The molecule has 1 atom stereocenters. The number of thioether (sulfide) groups is 1. The Labute approximate surface area is 172 Å². The van der Waals surface area contributed by atoms with Crippen LogP contribution in [0.4, 0.5) is 0 Å². The Morgan fingerprint density at radius 2 is 1.79 bits per heavy atom. The number of nitrogens with one attached hydrogen (secondary N) is 1. The molecule has 0 fully saturated rings. The maximum absolute atomic E-state index is 13.0. The number of amides is 2. The Morgan fingerprint density at radius 1 is 1.07 bits per heavy atom. The standard InChI is InChI=1S/C23H30N2O2S/c1-5-21(23(27)24-4)25(16-19-8-6-7-18(3)15-19)22(26)13-14-28-20-11-9-17(2)10-12-20/h6-12,15,21H,5,13-14,16H2,1-4H3,(H,24,27). The highest BCUT2D eigenvalue weighted by molar-refractivity contribution is 7.99. The van der Waals surface area contributed by atoms with Gasteiger partial charge in [-0.05, 0) is 38.0 Å². The van der Waals surface area contributed by atoms with E-state index in [1.54, 1.807) is 23.7 Å². The van der Waals surface area contributed by atoms with Crippen LogP contribution in [0, 0.1) is 13.8 Å². The second kappa shape index (κ2) is 10.9. The average molecular weight is 399 g/mol. The minimum absolute atomic E-state index is 0.0107. The number of nitrogens with zero attached hydrogens (tertiary/aromatic N) is 1. The molecule has 0 saturated carbocycles. The largest absolute Gasteiger partial charge is 0.357 e. The van der Waals surface area contributed by atoms with Crippen molar-refractivity contribution in [2.75, 3.05) is 12.8 Å². The lowest BCUT2D eigenvalue weighted by atomic mass is 10.1. The number of carbonyl (C=O) groups is 2. The summed E-state index contributed by atoms with van der Waals surface area (Å²) in [7, 11) is 1.62. The van der Waals surface area contributed by atoms with Crippen LogP contribution in [0.3, 0.4) is 0 Å². The molecule has 0 saturated heterocycles. The Morgan fingerprint density at radius 3 is 2.39 bits per heavy atom. The van der Waals surface area contributed by atoms with Crippen LogP contribution in [0.2, 0.25) is 0 Å². The van der Waals surface area contributed by atoms with Crippen molar-refractivity contribution in [3.05, 3.63) is 65.2 Å². The minimum Gasteiger partial charge on any atom is -0.357 e. The summed E-state index contributed by atoms with van der Waals surface area (Å²) in [4.78, 5) is 28.3. The van der Waals surface area contributed by atoms with Crippen molar-refractivity contribution < 1.29 is 9.59 Å². The summed E-state index contributed by atoms with van der Waals surface area (Å²) in [5, 5.41) is 2.70. The Hall–Kier alpha value is -2.27. The number of benzene rings is 2. The number of hydrogen-bond donors (Lipinski definition) is 1. The maximum atomic E-state index is 13.0. The van der Waals surface area contributed by atoms with Crippen LogP contribution in [-0.4, -0.2) is 35.6 Å². The van der Waals surface area contributed by atoms with Gasteiger partial charge in [0.25, 0.3) is 0 Å². The number of aryl methyl sites for hydroxylation is 2. The maximum Gasteiger partial charge on any atom is 0.242 e. The molecular formula is C23H30N2O2S. The first-order valence-corrected chi connectivity index (χ1v) is 10.7. The zero-order chi connectivity index (χ0) is 20.5. The summed E-state index contributed by atoms with van der Waals surface area (Å²) in [5.74, 6) is 0.586. The molecule has 0 aromatic heterocycles. The fraction of sp³-hybridized carbons (Fsp3) is 0.391. The molecule has 0 aliphatic heterocycles. The van der Waals surface area contributed by atoms with Crippen LogP contribution in [0.1, 0.15) is 36.5 Å². The zero-order valence-electron chi connectivity index (χ0n) is 17.2. The molecule has 5 heteroatoms. The van der Waals surface area contributed by atoms with Crippen molar-refractivity contribution in [1.29, 1.82) is 0 Å². The molecule has 2 amide bonds. The molecule has 2 aromatic carbocycles. The molecule has 1 unspecified atom stereocenters. The molecular weight excluding hydrogens is 368 g/mol. The lowest BCUT2D eigenvalue weighted by Gasteiger charge is -2.30. The summed E-state index contributed by atoms with van der Waals surface area (Å²) in [6, 6.07) is 15.9. The van der Waals surface area contributed by atoms with Crippen molar-refractivity contribution in [3.8, 4) is 0 Å². The molecule has 0 aliphatic rings. The van der Waals surface area contributed by atoms with Gasteiger partial charge in [-0.1, -0.05) is 54.4 Å². The molecule has 150 valence electrons. The van der Waals surface area contributed by atoms with E-state index >= 15 is 0 Å². The third-order valence-corrected chi connectivity index (χ3v) is 5.69. The minimum atomic E-state index is -0.456. The van der Waals surface area contributed by atoms with Crippen molar-refractivity contribution >= 4 is 23.6 Å². The first kappa shape index (κ1) is 22.0. The third kappa shape index (κ3) is 6.41. The van der Waals surface area contributed by atoms with E-state index in [1.807, 2.05) is 32.0 Å². The fourth-order valence-corrected chi connectivity index (χ4v) is 3.97. The summed E-state index contributed by atoms with van der Waals surface area (Å²) in [5.41, 5.74) is 3.41. The number of likely N-dealkylation sites (N-methyl/N-ethyl adjacent to an activating group) is 1. The predicted molar refractivity (Wildman–Crippen MR) is 116 cm³/mol. The van der Waals surface area contributed by atoms with Crippen LogP contribution in [0.25, 0.3) is 0 Å². The van der Waals surface area contributed by atoms with Crippen LogP contribution in [0.5, 0.6) is 0 Å². The van der Waals surface area contributed by atoms with Gasteiger partial charge in [-0.3, -0.25) is 9.59 Å². The lowest BCUT2D eigenvalue weighted by molar-refractivity contribution is -0.140. The van der Waals surface area contributed by atoms with Crippen molar-refractivity contribution in [2.45, 2.75) is 51.1 Å². The summed E-state index contributed by atoms with van der Waals surface area (Å²) < 4.78 is 0. The molecule has 0 spiro atoms. The number of rotatable bonds is 9. The predicted octanol–water partition coefficient (Wildman–Crippen LogP) is 4.34. The third-order valence-electron chi connectivity index (χ3n) is 4.67. The van der Waals surface area contributed by atoms with Crippen LogP contribution in [-0.2, 0) is 16.1 Å². The molecule has 4 nitrogen and oxygen atoms in total. The summed E-state index contributed by atoms with van der Waals surface area (Å²) >= 11 is 1.67. The molecule has 0 bridgehead atoms. The number of hydrogen-bond acceptors (Lipinski definition) is 3. The van der Waals surface area contributed by atoms with Gasteiger partial charge in [0, 0.05) is 30.7 Å². The highest BCUT2D eigenvalue weighted by atomic mass is 32.2. The van der Waals surface area contributed by atoms with E-state index in [9.17, 15) is 9.59 Å². The smallest absolute Gasteiger partial charge is 0.242 e. The van der Waals surface area contributed by atoms with Gasteiger partial charge in [-0.25, -0.2) is 0 Å². The molecule has 2 aromatic rings. The van der Waals surface area contributed by atoms with E-state index in [2.05, 4.69) is 42.6 Å². The molecule has 0 heterocycles. The van der Waals surface area contributed by atoms with Gasteiger partial charge in [0.15, 0.2) is 0 Å². The van der Waals surface area contributed by atoms with E-state index in [0.29, 0.717) is 25.1 Å². The molecule has 2 rings (SSSR count). The average Bonchev–Trinajstić information content (AvgIpc) is 2.69. The van der Waals surface area contributed by atoms with E-state index in [1.165, 1.54) is 5.56 Å². The zero-order valence-corrected chi connectivity index (χ0v) is 18.0. The molecule has 0 aliphatic carbocycles. The molecule has 1 N–H and O–H groups in total. The first-order chi connectivity index (χ1) is 13.4. The van der Waals surface area contributed by atoms with Gasteiger partial charge < -0.3 is 10.2 Å². The monoisotopic (exact) mass is 398 g/mol. The van der Waals surface area contributed by atoms with E-state index in [0.717, 1.165) is 16.0 Å². The normalized spacial score (nSPS) is 11.7. The van der Waals surface area contributed by atoms with Crippen molar-refractivity contribution in [2.24, 2.45) is 0 Å². The van der Waals surface area contributed by atoms with E-state index in [4.69, 9.17) is 0 Å². The quantitative estimate of drug-likeness (QED) is 0.639. The SMILES string of the molecule is CCC(C(=O)NC)N(Cc1cccc(C)c1)C(=O)CCSc1ccc(C)cc1. The highest BCUT2D eigenvalue weighted by Gasteiger charge is 2.27. The summed E-state index contributed by atoms with van der Waals surface area (Å²) in [6.45, 7) is 6.48. The van der Waals surface area contributed by atoms with Gasteiger partial charge in [0.05, 0.1) is 0 Å². The van der Waals surface area contributed by atoms with E-state index in [-0.39, 0.29) is 11.8 Å². The topological polar surface area (TPSA) is 49.4 Å². The van der Waals surface area contributed by atoms with Crippen molar-refractivity contribution in [1.82, 2.24) is 10.2 Å². The number of carbonyl (C=O) groups excluding carboxylic acids is 2. The highest BCUT2D eigenvalue weighted by Crippen LogP contribution is 2.21. The lowest BCUT2D eigenvalue weighted by Crippen LogP contribution is -2.48. The molecule has 0 radical (unpaired) electrons. The van der Waals surface area contributed by atoms with Gasteiger partial charge in [-0.2, -0.15) is 0 Å². The second-order valence-corrected chi connectivity index (χ2v) is 8.13. The first-order valence-electron chi connectivity index (χ1n) is 9.70.